The first kappa shape index (κ1) is 48.5. The van der Waals surface area contributed by atoms with Gasteiger partial charge in [-0.05, 0) is 69.9 Å². The van der Waals surface area contributed by atoms with Crippen LogP contribution in [0.1, 0.15) is 85.0 Å². The minimum Gasteiger partial charge on any atom is -0.481 e. The molecule has 0 saturated carbocycles. The number of rotatable bonds is 26. The largest absolute Gasteiger partial charge is 0.481 e. The van der Waals surface area contributed by atoms with Crippen LogP contribution in [0.5, 0.6) is 0 Å². The molecule has 1 heterocycles. The zero-order valence-electron chi connectivity index (χ0n) is 31.8. The lowest BCUT2D eigenvalue weighted by atomic mass is 9.98. The maximum absolute atomic E-state index is 13.4. The van der Waals surface area contributed by atoms with E-state index in [9.17, 15) is 58.5 Å². The van der Waals surface area contributed by atoms with Crippen LogP contribution >= 0.6 is 11.8 Å². The number of carbonyl (C=O) groups excluding carboxylic acids is 6. The molecule has 20 nitrogen and oxygen atoms in total. The molecule has 1 aliphatic heterocycles. The van der Waals surface area contributed by atoms with E-state index in [1.54, 1.807) is 20.1 Å². The maximum atomic E-state index is 13.4. The van der Waals surface area contributed by atoms with Gasteiger partial charge in [0.05, 0.1) is 12.5 Å². The molecule has 0 aliphatic carbocycles. The molecule has 8 atom stereocenters. The predicted molar refractivity (Wildman–Crippen MR) is 200 cm³/mol. The fourth-order valence-corrected chi connectivity index (χ4v) is 6.20. The van der Waals surface area contributed by atoms with Gasteiger partial charge in [-0.2, -0.15) is 11.8 Å². The van der Waals surface area contributed by atoms with E-state index < -0.39 is 121 Å². The number of nitrogens with one attached hydrogen (secondary N) is 5. The Hall–Kier alpha value is -4.50. The zero-order valence-corrected chi connectivity index (χ0v) is 32.7. The number of carboxylic acids is 3. The topological polar surface area (TPSA) is 330 Å². The van der Waals surface area contributed by atoms with Crippen LogP contribution in [0.15, 0.2) is 0 Å². The van der Waals surface area contributed by atoms with Crippen molar-refractivity contribution in [2.45, 2.75) is 127 Å². The monoisotopic (exact) mass is 802 g/mol. The highest BCUT2D eigenvalue weighted by molar-refractivity contribution is 7.98. The molecule has 1 saturated heterocycles. The lowest BCUT2D eigenvalue weighted by Gasteiger charge is -2.29. The number of hydrogen-bond donors (Lipinski definition) is 10. The Bertz CT molecular complexity index is 1370. The van der Waals surface area contributed by atoms with E-state index in [1.165, 1.54) is 23.6 Å². The summed E-state index contributed by atoms with van der Waals surface area (Å²) in [6.07, 6.45) is 2.73. The summed E-state index contributed by atoms with van der Waals surface area (Å²) in [5.74, 6) is -9.14. The molecule has 1 rings (SSSR count). The van der Waals surface area contributed by atoms with Crippen molar-refractivity contribution in [1.29, 1.82) is 0 Å². The van der Waals surface area contributed by atoms with Crippen molar-refractivity contribution in [2.24, 2.45) is 17.4 Å². The van der Waals surface area contributed by atoms with E-state index in [0.717, 1.165) is 0 Å². The van der Waals surface area contributed by atoms with Crippen molar-refractivity contribution in [2.75, 3.05) is 25.1 Å². The Labute approximate surface area is 324 Å². The second kappa shape index (κ2) is 24.8. The molecule has 0 spiro atoms. The van der Waals surface area contributed by atoms with Gasteiger partial charge in [0.1, 0.15) is 36.3 Å². The maximum Gasteiger partial charge on any atom is 0.326 e. The standard InChI is InChI=1S/C34H58N8O12S/c1-5-18(2)27(34(53)54)41-30(49)21(11-12-25(43)44)38-28(47)19(3)37-29(48)22(13-16-55-4)39-31(50)23(17-26(45)46)40-32(51)24-10-8-15-42(24)33(52)20(36)9-6-7-14-35/h18-24,27H,5-17,35-36H2,1-4H3,(H,37,48)(H,38,47)(H,39,50)(H,40,51)(H,41,49)(H,43,44)(H,45,46)(H,53,54)/t18-,19-,20-,21-,22-,23-,24-,27-/m0/s1. The Balaban J connectivity index is 3.10. The number of nitrogens with zero attached hydrogens (tertiary/aromatic N) is 1. The fourth-order valence-electron chi connectivity index (χ4n) is 5.73. The molecular formula is C34H58N8O12S. The van der Waals surface area contributed by atoms with Gasteiger partial charge in [-0.3, -0.25) is 38.4 Å². The summed E-state index contributed by atoms with van der Waals surface area (Å²) >= 11 is 1.32. The van der Waals surface area contributed by atoms with Gasteiger partial charge in [0.25, 0.3) is 0 Å². The molecule has 6 amide bonds. The summed E-state index contributed by atoms with van der Waals surface area (Å²) in [4.78, 5) is 115. The summed E-state index contributed by atoms with van der Waals surface area (Å²) in [6, 6.07) is -8.98. The van der Waals surface area contributed by atoms with E-state index in [2.05, 4.69) is 26.6 Å². The van der Waals surface area contributed by atoms with E-state index in [1.807, 2.05) is 0 Å². The van der Waals surface area contributed by atoms with Crippen molar-refractivity contribution in [3.8, 4) is 0 Å². The Morgan fingerprint density at radius 1 is 0.782 bits per heavy atom. The molecule has 0 radical (unpaired) electrons. The van der Waals surface area contributed by atoms with Gasteiger partial charge < -0.3 is 58.3 Å². The van der Waals surface area contributed by atoms with Gasteiger partial charge in [-0.1, -0.05) is 26.7 Å². The number of thioether (sulfide) groups is 1. The highest BCUT2D eigenvalue weighted by Crippen LogP contribution is 2.20. The molecule has 0 aromatic rings. The average molecular weight is 803 g/mol. The number of aliphatic carboxylic acids is 3. The van der Waals surface area contributed by atoms with Crippen molar-refractivity contribution < 1.29 is 58.5 Å². The number of carbonyl (C=O) groups is 9. The lowest BCUT2D eigenvalue weighted by Crippen LogP contribution is -2.59. The molecular weight excluding hydrogens is 744 g/mol. The highest BCUT2D eigenvalue weighted by Gasteiger charge is 2.39. The summed E-state index contributed by atoms with van der Waals surface area (Å²) < 4.78 is 0. The molecule has 21 heteroatoms. The second-order valence-corrected chi connectivity index (χ2v) is 14.5. The van der Waals surface area contributed by atoms with Crippen LogP contribution in [0.3, 0.4) is 0 Å². The third-order valence-electron chi connectivity index (χ3n) is 9.19. The molecule has 312 valence electrons. The van der Waals surface area contributed by atoms with Crippen LogP contribution in [0.4, 0.5) is 0 Å². The van der Waals surface area contributed by atoms with Gasteiger partial charge in [0.2, 0.25) is 35.4 Å². The van der Waals surface area contributed by atoms with Crippen LogP contribution in [0, 0.1) is 5.92 Å². The predicted octanol–water partition coefficient (Wildman–Crippen LogP) is -1.90. The highest BCUT2D eigenvalue weighted by atomic mass is 32.2. The minimum atomic E-state index is -1.65. The number of hydrogen-bond acceptors (Lipinski definition) is 12. The lowest BCUT2D eigenvalue weighted by molar-refractivity contribution is -0.144. The number of likely N-dealkylation sites (tertiary alicyclic amines) is 1. The molecule has 0 aromatic heterocycles. The molecule has 0 bridgehead atoms. The fraction of sp³-hybridized carbons (Fsp3) is 0.735. The van der Waals surface area contributed by atoms with Crippen molar-refractivity contribution in [1.82, 2.24) is 31.5 Å². The normalized spacial score (nSPS) is 17.6. The summed E-state index contributed by atoms with van der Waals surface area (Å²) in [5.41, 5.74) is 11.6. The van der Waals surface area contributed by atoms with Gasteiger partial charge in [0.15, 0.2) is 0 Å². The van der Waals surface area contributed by atoms with Crippen LogP contribution in [-0.2, 0) is 43.2 Å². The third-order valence-corrected chi connectivity index (χ3v) is 9.83. The molecule has 1 aliphatic rings. The van der Waals surface area contributed by atoms with Crippen molar-refractivity contribution >= 4 is 65.1 Å². The quantitative estimate of drug-likeness (QED) is 0.0427. The molecule has 1 fully saturated rings. The first-order valence-electron chi connectivity index (χ1n) is 18.3. The summed E-state index contributed by atoms with van der Waals surface area (Å²) in [7, 11) is 0. The van der Waals surface area contributed by atoms with E-state index >= 15 is 0 Å². The van der Waals surface area contributed by atoms with Crippen molar-refractivity contribution in [3.63, 3.8) is 0 Å². The van der Waals surface area contributed by atoms with E-state index in [0.29, 0.717) is 44.4 Å². The Morgan fingerprint density at radius 2 is 1.38 bits per heavy atom. The van der Waals surface area contributed by atoms with E-state index in [-0.39, 0.29) is 19.4 Å². The van der Waals surface area contributed by atoms with Gasteiger partial charge >= 0.3 is 17.9 Å². The van der Waals surface area contributed by atoms with Crippen LogP contribution < -0.4 is 38.1 Å². The first-order valence-corrected chi connectivity index (χ1v) is 19.7. The van der Waals surface area contributed by atoms with E-state index in [4.69, 9.17) is 11.5 Å². The average Bonchev–Trinajstić information content (AvgIpc) is 3.62. The SMILES string of the molecule is CC[C@H](C)[C@H](NC(=O)[C@H](CCC(=O)O)NC(=O)[C@H](C)NC(=O)[C@H](CCSC)NC(=O)[C@H](CC(=O)O)NC(=O)[C@@H]1CCCN1C(=O)[C@@H](N)CCCCN)C(=O)O. The van der Waals surface area contributed by atoms with Gasteiger partial charge in [-0.15, -0.1) is 0 Å². The molecule has 55 heavy (non-hydrogen) atoms. The summed E-state index contributed by atoms with van der Waals surface area (Å²) in [6.45, 7) is 5.26. The Kier molecular flexibility index (Phi) is 21.9. The number of amides is 6. The number of nitrogens with two attached hydrogens (primary N) is 2. The Morgan fingerprint density at radius 3 is 1.95 bits per heavy atom. The summed E-state index contributed by atoms with van der Waals surface area (Å²) in [5, 5.41) is 40.3. The smallest absolute Gasteiger partial charge is 0.326 e. The van der Waals surface area contributed by atoms with Crippen LogP contribution in [0.2, 0.25) is 0 Å². The van der Waals surface area contributed by atoms with Crippen LogP contribution in [-0.4, -0.2) is 141 Å². The molecule has 12 N–H and O–H groups in total. The minimum absolute atomic E-state index is 0.0175. The third kappa shape index (κ3) is 16.8. The molecule has 0 unspecified atom stereocenters. The zero-order chi connectivity index (χ0) is 41.8. The second-order valence-electron chi connectivity index (χ2n) is 13.5. The first-order chi connectivity index (χ1) is 25.9. The number of unbranched alkanes of at least 4 members (excludes halogenated alkanes) is 1. The van der Waals surface area contributed by atoms with Crippen molar-refractivity contribution in [3.05, 3.63) is 0 Å². The number of carboxylic acid groups (broad SMARTS) is 3. The van der Waals surface area contributed by atoms with Gasteiger partial charge in [-0.25, -0.2) is 4.79 Å². The van der Waals surface area contributed by atoms with Gasteiger partial charge in [0, 0.05) is 13.0 Å². The molecule has 0 aromatic carbocycles. The van der Waals surface area contributed by atoms with Crippen LogP contribution in [0.25, 0.3) is 0 Å².